The lowest BCUT2D eigenvalue weighted by Gasteiger charge is -2.05. The van der Waals surface area contributed by atoms with Gasteiger partial charge in [0.1, 0.15) is 11.9 Å². The zero-order chi connectivity index (χ0) is 15.4. The molecule has 0 radical (unpaired) electrons. The number of nitrogens with zero attached hydrogens (tertiary/aromatic N) is 5. The van der Waals surface area contributed by atoms with E-state index in [1.165, 1.54) is 6.42 Å². The molecule has 1 aromatic carbocycles. The van der Waals surface area contributed by atoms with Gasteiger partial charge < -0.3 is 4.57 Å². The number of hydrogen-bond acceptors (Lipinski definition) is 5. The number of halogens is 1. The van der Waals surface area contributed by atoms with Crippen LogP contribution in [-0.4, -0.2) is 20.5 Å². The van der Waals surface area contributed by atoms with E-state index < -0.39 is 0 Å². The molecular weight excluding hydrogens is 391 g/mol. The molecule has 2 aromatic rings. The molecule has 1 aliphatic rings. The third-order valence-electron chi connectivity index (χ3n) is 3.57. The van der Waals surface area contributed by atoms with Crippen molar-refractivity contribution in [3.63, 3.8) is 0 Å². The predicted molar refractivity (Wildman–Crippen MR) is 92.5 cm³/mol. The molecule has 2 heterocycles. The molecule has 0 aliphatic carbocycles. The van der Waals surface area contributed by atoms with E-state index in [0.717, 1.165) is 40.9 Å². The SMILES string of the molecule is N#CC(=NNc1ccc(I)cc1)c1nnc2n1CCCCC2. The third kappa shape index (κ3) is 3.27. The summed E-state index contributed by atoms with van der Waals surface area (Å²) in [5.74, 6) is 1.50. The number of aryl methyl sites for hydroxylation is 1. The summed E-state index contributed by atoms with van der Waals surface area (Å²) in [5.41, 5.74) is 4.01. The number of anilines is 1. The van der Waals surface area contributed by atoms with Crippen LogP contribution in [0.1, 0.15) is 30.9 Å². The quantitative estimate of drug-likeness (QED) is 0.483. The second-order valence-corrected chi connectivity index (χ2v) is 6.34. The molecule has 0 spiro atoms. The van der Waals surface area contributed by atoms with Crippen molar-refractivity contribution in [2.45, 2.75) is 32.2 Å². The standard InChI is InChI=1S/C15H15IN6/c16-11-5-7-12(8-6-11)18-19-13(10-17)15-21-20-14-4-2-1-3-9-22(14)15/h5-8,18H,1-4,9H2. The molecule has 0 saturated heterocycles. The van der Waals surface area contributed by atoms with Crippen LogP contribution >= 0.6 is 22.6 Å². The number of fused-ring (bicyclic) bond motifs is 1. The van der Waals surface area contributed by atoms with Crippen molar-refractivity contribution in [2.75, 3.05) is 5.43 Å². The lowest BCUT2D eigenvalue weighted by Crippen LogP contribution is -2.12. The Balaban J connectivity index is 1.85. The minimum absolute atomic E-state index is 0.263. The van der Waals surface area contributed by atoms with E-state index in [1.54, 1.807) is 0 Å². The Morgan fingerprint density at radius 1 is 1.23 bits per heavy atom. The Labute approximate surface area is 142 Å². The highest BCUT2D eigenvalue weighted by molar-refractivity contribution is 14.1. The van der Waals surface area contributed by atoms with Crippen LogP contribution < -0.4 is 5.43 Å². The molecule has 0 amide bonds. The molecule has 3 rings (SSSR count). The normalized spacial score (nSPS) is 14.8. The van der Waals surface area contributed by atoms with Crippen molar-refractivity contribution in [1.82, 2.24) is 14.8 Å². The van der Waals surface area contributed by atoms with E-state index in [9.17, 15) is 5.26 Å². The van der Waals surface area contributed by atoms with Crippen LogP contribution in [0.15, 0.2) is 29.4 Å². The number of hydrazone groups is 1. The topological polar surface area (TPSA) is 78.9 Å². The molecule has 112 valence electrons. The Bertz CT molecular complexity index is 725. The minimum Gasteiger partial charge on any atom is -0.309 e. The largest absolute Gasteiger partial charge is 0.309 e. The zero-order valence-corrected chi connectivity index (χ0v) is 14.1. The summed E-state index contributed by atoms with van der Waals surface area (Å²) in [5, 5.41) is 22.0. The molecule has 0 fully saturated rings. The summed E-state index contributed by atoms with van der Waals surface area (Å²) in [6.07, 6.45) is 4.30. The number of hydrogen-bond donors (Lipinski definition) is 1. The van der Waals surface area contributed by atoms with Crippen LogP contribution in [0.4, 0.5) is 5.69 Å². The minimum atomic E-state index is 0.263. The maximum absolute atomic E-state index is 9.39. The van der Waals surface area contributed by atoms with Crippen molar-refractivity contribution in [3.8, 4) is 6.07 Å². The van der Waals surface area contributed by atoms with Gasteiger partial charge in [-0.2, -0.15) is 10.4 Å². The maximum atomic E-state index is 9.39. The van der Waals surface area contributed by atoms with Crippen LogP contribution in [0.5, 0.6) is 0 Å². The number of benzene rings is 1. The lowest BCUT2D eigenvalue weighted by molar-refractivity contribution is 0.628. The summed E-state index contributed by atoms with van der Waals surface area (Å²) in [7, 11) is 0. The molecular formula is C15H15IN6. The maximum Gasteiger partial charge on any atom is 0.205 e. The van der Waals surface area contributed by atoms with Gasteiger partial charge in [0.05, 0.1) is 5.69 Å². The van der Waals surface area contributed by atoms with E-state index in [-0.39, 0.29) is 5.71 Å². The van der Waals surface area contributed by atoms with Crippen molar-refractivity contribution >= 4 is 34.0 Å². The third-order valence-corrected chi connectivity index (χ3v) is 4.29. The highest BCUT2D eigenvalue weighted by atomic mass is 127. The highest BCUT2D eigenvalue weighted by Crippen LogP contribution is 2.15. The molecule has 0 atom stereocenters. The van der Waals surface area contributed by atoms with Gasteiger partial charge in [0.2, 0.25) is 5.71 Å². The van der Waals surface area contributed by atoms with E-state index in [0.29, 0.717) is 5.82 Å². The Kier molecular flexibility index (Phi) is 4.68. The molecule has 7 heteroatoms. The molecule has 22 heavy (non-hydrogen) atoms. The number of rotatable bonds is 3. The lowest BCUT2D eigenvalue weighted by atomic mass is 10.2. The van der Waals surface area contributed by atoms with Crippen LogP contribution in [0.3, 0.4) is 0 Å². The van der Waals surface area contributed by atoms with Crippen molar-refractivity contribution < 1.29 is 0 Å². The average Bonchev–Trinajstić information content (AvgIpc) is 2.79. The second-order valence-electron chi connectivity index (χ2n) is 5.09. The van der Waals surface area contributed by atoms with E-state index in [1.807, 2.05) is 28.8 Å². The van der Waals surface area contributed by atoms with Gasteiger partial charge in [-0.1, -0.05) is 6.42 Å². The molecule has 0 unspecified atom stereocenters. The predicted octanol–water partition coefficient (Wildman–Crippen LogP) is 2.95. The van der Waals surface area contributed by atoms with Crippen molar-refractivity contribution in [1.29, 1.82) is 5.26 Å². The van der Waals surface area contributed by atoms with E-state index >= 15 is 0 Å². The molecule has 6 nitrogen and oxygen atoms in total. The summed E-state index contributed by atoms with van der Waals surface area (Å²) in [6.45, 7) is 0.849. The summed E-state index contributed by atoms with van der Waals surface area (Å²) < 4.78 is 3.17. The molecule has 0 saturated carbocycles. The molecule has 1 aliphatic heterocycles. The van der Waals surface area contributed by atoms with Crippen LogP contribution in [0, 0.1) is 14.9 Å². The number of nitriles is 1. The fourth-order valence-corrected chi connectivity index (χ4v) is 2.79. The van der Waals surface area contributed by atoms with Gasteiger partial charge in [0.25, 0.3) is 0 Å². The van der Waals surface area contributed by atoms with Crippen molar-refractivity contribution in [2.24, 2.45) is 5.10 Å². The van der Waals surface area contributed by atoms with E-state index in [2.05, 4.69) is 49.4 Å². The van der Waals surface area contributed by atoms with Crippen LogP contribution in [0.25, 0.3) is 0 Å². The van der Waals surface area contributed by atoms with Gasteiger partial charge in [-0.25, -0.2) is 0 Å². The summed E-state index contributed by atoms with van der Waals surface area (Å²) >= 11 is 2.24. The fraction of sp³-hybridized carbons (Fsp3) is 0.333. The Hall–Kier alpha value is -1.95. The second kappa shape index (κ2) is 6.87. The first-order valence-corrected chi connectivity index (χ1v) is 8.27. The first-order valence-electron chi connectivity index (χ1n) is 7.20. The number of aromatic nitrogens is 3. The molecule has 1 N–H and O–H groups in total. The highest BCUT2D eigenvalue weighted by Gasteiger charge is 2.18. The summed E-state index contributed by atoms with van der Waals surface area (Å²) in [4.78, 5) is 0. The van der Waals surface area contributed by atoms with Gasteiger partial charge in [-0.05, 0) is 59.7 Å². The van der Waals surface area contributed by atoms with Gasteiger partial charge in [-0.15, -0.1) is 10.2 Å². The molecule has 1 aromatic heterocycles. The van der Waals surface area contributed by atoms with Gasteiger partial charge >= 0.3 is 0 Å². The van der Waals surface area contributed by atoms with E-state index in [4.69, 9.17) is 0 Å². The first-order chi connectivity index (χ1) is 10.8. The number of nitrogens with one attached hydrogen (secondary N) is 1. The first kappa shape index (κ1) is 15.0. The fourth-order valence-electron chi connectivity index (χ4n) is 2.43. The van der Waals surface area contributed by atoms with Gasteiger partial charge in [0, 0.05) is 16.5 Å². The van der Waals surface area contributed by atoms with Crippen molar-refractivity contribution in [3.05, 3.63) is 39.5 Å². The average molecular weight is 406 g/mol. The zero-order valence-electron chi connectivity index (χ0n) is 12.0. The van der Waals surface area contributed by atoms with Gasteiger partial charge in [-0.3, -0.25) is 5.43 Å². The smallest absolute Gasteiger partial charge is 0.205 e. The van der Waals surface area contributed by atoms with Crippen LogP contribution in [-0.2, 0) is 13.0 Å². The summed E-state index contributed by atoms with van der Waals surface area (Å²) in [6, 6.07) is 9.92. The Morgan fingerprint density at radius 2 is 2.05 bits per heavy atom. The monoisotopic (exact) mass is 406 g/mol. The van der Waals surface area contributed by atoms with Gasteiger partial charge in [0.15, 0.2) is 5.82 Å². The molecule has 0 bridgehead atoms. The Morgan fingerprint density at radius 3 is 2.82 bits per heavy atom. The van der Waals surface area contributed by atoms with Crippen LogP contribution in [0.2, 0.25) is 0 Å².